The second-order valence-corrected chi connectivity index (χ2v) is 3.59. The molecular formula is C13H7F3N2O2. The Labute approximate surface area is 112 Å². The first-order valence-corrected chi connectivity index (χ1v) is 5.37. The third-order valence-corrected chi connectivity index (χ3v) is 2.16. The van der Waals surface area contributed by atoms with E-state index in [2.05, 4.69) is 9.72 Å². The lowest BCUT2D eigenvalue weighted by Crippen LogP contribution is -2.16. The number of halogens is 3. The first kappa shape index (κ1) is 13.7. The van der Waals surface area contributed by atoms with E-state index in [1.54, 1.807) is 6.07 Å². The Morgan fingerprint density at radius 3 is 2.30 bits per heavy atom. The van der Waals surface area contributed by atoms with Gasteiger partial charge in [0.1, 0.15) is 23.1 Å². The van der Waals surface area contributed by atoms with E-state index in [1.165, 1.54) is 24.4 Å². The Morgan fingerprint density at radius 1 is 1.05 bits per heavy atom. The molecule has 0 bridgehead atoms. The fourth-order valence-electron chi connectivity index (χ4n) is 1.38. The number of hydrogen-bond acceptors (Lipinski definition) is 4. The van der Waals surface area contributed by atoms with Crippen molar-refractivity contribution in [2.24, 2.45) is 0 Å². The molecule has 20 heavy (non-hydrogen) atoms. The predicted molar refractivity (Wildman–Crippen MR) is 62.2 cm³/mol. The van der Waals surface area contributed by atoms with Crippen LogP contribution in [0.5, 0.6) is 17.4 Å². The summed E-state index contributed by atoms with van der Waals surface area (Å²) in [6.07, 6.45) is -3.30. The van der Waals surface area contributed by atoms with Crippen molar-refractivity contribution in [2.45, 2.75) is 6.36 Å². The molecule has 2 aromatic rings. The van der Waals surface area contributed by atoms with Crippen molar-refractivity contribution in [1.29, 1.82) is 5.26 Å². The Kier molecular flexibility index (Phi) is 3.75. The standard InChI is InChI=1S/C13H7F3N2O2/c14-13(15,16)20-11-5-3-10(4-6-11)19-12-9(8-17)2-1-7-18-12/h1-7H. The summed E-state index contributed by atoms with van der Waals surface area (Å²) in [5, 5.41) is 8.85. The average molecular weight is 280 g/mol. The molecule has 1 aromatic carbocycles. The fraction of sp³-hybridized carbons (Fsp3) is 0.0769. The molecule has 0 spiro atoms. The summed E-state index contributed by atoms with van der Waals surface area (Å²) >= 11 is 0. The van der Waals surface area contributed by atoms with Crippen molar-refractivity contribution in [2.75, 3.05) is 0 Å². The highest BCUT2D eigenvalue weighted by Gasteiger charge is 2.30. The Hall–Kier alpha value is -2.75. The molecule has 0 radical (unpaired) electrons. The zero-order chi connectivity index (χ0) is 14.6. The number of ether oxygens (including phenoxy) is 2. The first-order valence-electron chi connectivity index (χ1n) is 5.37. The van der Waals surface area contributed by atoms with Crippen molar-refractivity contribution in [3.63, 3.8) is 0 Å². The van der Waals surface area contributed by atoms with Crippen LogP contribution in [0.25, 0.3) is 0 Å². The van der Waals surface area contributed by atoms with Gasteiger partial charge in [-0.1, -0.05) is 0 Å². The molecule has 0 unspecified atom stereocenters. The van der Waals surface area contributed by atoms with Crippen molar-refractivity contribution < 1.29 is 22.6 Å². The second kappa shape index (κ2) is 5.48. The minimum absolute atomic E-state index is 0.0829. The average Bonchev–Trinajstić information content (AvgIpc) is 2.40. The first-order chi connectivity index (χ1) is 9.48. The van der Waals surface area contributed by atoms with Gasteiger partial charge in [-0.05, 0) is 36.4 Å². The van der Waals surface area contributed by atoms with Crippen LogP contribution >= 0.6 is 0 Å². The second-order valence-electron chi connectivity index (χ2n) is 3.59. The van der Waals surface area contributed by atoms with Crippen molar-refractivity contribution in [1.82, 2.24) is 4.98 Å². The SMILES string of the molecule is N#Cc1cccnc1Oc1ccc(OC(F)(F)F)cc1. The van der Waals surface area contributed by atoms with Gasteiger partial charge < -0.3 is 9.47 Å². The van der Waals surface area contributed by atoms with E-state index in [9.17, 15) is 13.2 Å². The van der Waals surface area contributed by atoms with Gasteiger partial charge in [-0.25, -0.2) is 4.98 Å². The van der Waals surface area contributed by atoms with Gasteiger partial charge in [0.15, 0.2) is 0 Å². The molecule has 0 amide bonds. The van der Waals surface area contributed by atoms with Crippen LogP contribution in [0.3, 0.4) is 0 Å². The molecule has 4 nitrogen and oxygen atoms in total. The predicted octanol–water partition coefficient (Wildman–Crippen LogP) is 3.64. The highest BCUT2D eigenvalue weighted by molar-refractivity contribution is 5.41. The molecule has 7 heteroatoms. The molecule has 1 heterocycles. The summed E-state index contributed by atoms with van der Waals surface area (Å²) < 4.78 is 45.0. The highest BCUT2D eigenvalue weighted by atomic mass is 19.4. The van der Waals surface area contributed by atoms with Gasteiger partial charge in [-0.3, -0.25) is 0 Å². The summed E-state index contributed by atoms with van der Waals surface area (Å²) in [7, 11) is 0. The molecular weight excluding hydrogens is 273 g/mol. The van der Waals surface area contributed by atoms with E-state index in [4.69, 9.17) is 10.00 Å². The van der Waals surface area contributed by atoms with Crippen LogP contribution in [0, 0.1) is 11.3 Å². The minimum atomic E-state index is -4.74. The van der Waals surface area contributed by atoms with Gasteiger partial charge in [-0.2, -0.15) is 5.26 Å². The zero-order valence-corrected chi connectivity index (χ0v) is 9.89. The summed E-state index contributed by atoms with van der Waals surface area (Å²) in [5.41, 5.74) is 0.225. The van der Waals surface area contributed by atoms with Crippen LogP contribution < -0.4 is 9.47 Å². The van der Waals surface area contributed by atoms with Crippen LogP contribution in [0.2, 0.25) is 0 Å². The van der Waals surface area contributed by atoms with Crippen LogP contribution in [0.4, 0.5) is 13.2 Å². The Morgan fingerprint density at radius 2 is 1.70 bits per heavy atom. The lowest BCUT2D eigenvalue weighted by atomic mass is 10.3. The lowest BCUT2D eigenvalue weighted by Gasteiger charge is -2.10. The number of pyridine rings is 1. The van der Waals surface area contributed by atoms with E-state index in [-0.39, 0.29) is 22.9 Å². The number of aromatic nitrogens is 1. The summed E-state index contributed by atoms with van der Waals surface area (Å²) in [6.45, 7) is 0. The maximum Gasteiger partial charge on any atom is 0.573 e. The van der Waals surface area contributed by atoms with Gasteiger partial charge in [0.05, 0.1) is 0 Å². The third kappa shape index (κ3) is 3.62. The third-order valence-electron chi connectivity index (χ3n) is 2.16. The summed E-state index contributed by atoms with van der Waals surface area (Å²) in [4.78, 5) is 3.87. The van der Waals surface area contributed by atoms with E-state index in [0.717, 1.165) is 12.1 Å². The molecule has 2 rings (SSSR count). The molecule has 0 N–H and O–H groups in total. The Bertz CT molecular complexity index is 633. The molecule has 0 fully saturated rings. The molecule has 0 saturated carbocycles. The molecule has 0 aliphatic carbocycles. The zero-order valence-electron chi connectivity index (χ0n) is 9.89. The van der Waals surface area contributed by atoms with Gasteiger partial charge in [-0.15, -0.1) is 13.2 Å². The van der Waals surface area contributed by atoms with E-state index >= 15 is 0 Å². The van der Waals surface area contributed by atoms with Crippen LogP contribution in [0.1, 0.15) is 5.56 Å². The number of alkyl halides is 3. The molecule has 0 atom stereocenters. The topological polar surface area (TPSA) is 55.1 Å². The normalized spacial score (nSPS) is 10.7. The highest BCUT2D eigenvalue weighted by Crippen LogP contribution is 2.27. The van der Waals surface area contributed by atoms with Crippen LogP contribution in [0.15, 0.2) is 42.6 Å². The molecule has 0 aliphatic rings. The molecule has 1 aromatic heterocycles. The van der Waals surface area contributed by atoms with Crippen molar-refractivity contribution in [3.05, 3.63) is 48.2 Å². The quantitative estimate of drug-likeness (QED) is 0.861. The van der Waals surface area contributed by atoms with Gasteiger partial charge in [0.2, 0.25) is 5.88 Å². The smallest absolute Gasteiger partial charge is 0.438 e. The summed E-state index contributed by atoms with van der Waals surface area (Å²) in [6, 6.07) is 9.78. The number of nitriles is 1. The number of benzene rings is 1. The lowest BCUT2D eigenvalue weighted by molar-refractivity contribution is -0.274. The van der Waals surface area contributed by atoms with E-state index < -0.39 is 6.36 Å². The van der Waals surface area contributed by atoms with Gasteiger partial charge >= 0.3 is 6.36 Å². The fourth-order valence-corrected chi connectivity index (χ4v) is 1.38. The number of rotatable bonds is 3. The Balaban J connectivity index is 2.13. The molecule has 0 saturated heterocycles. The minimum Gasteiger partial charge on any atom is -0.438 e. The maximum atomic E-state index is 12.0. The number of hydrogen-bond donors (Lipinski definition) is 0. The van der Waals surface area contributed by atoms with Gasteiger partial charge in [0.25, 0.3) is 0 Å². The van der Waals surface area contributed by atoms with Crippen molar-refractivity contribution in [3.8, 4) is 23.4 Å². The molecule has 102 valence electrons. The maximum absolute atomic E-state index is 12.0. The molecule has 0 aliphatic heterocycles. The van der Waals surface area contributed by atoms with E-state index in [0.29, 0.717) is 0 Å². The van der Waals surface area contributed by atoms with E-state index in [1.807, 2.05) is 6.07 Å². The van der Waals surface area contributed by atoms with Crippen LogP contribution in [-0.2, 0) is 0 Å². The largest absolute Gasteiger partial charge is 0.573 e. The van der Waals surface area contributed by atoms with Crippen LogP contribution in [-0.4, -0.2) is 11.3 Å². The summed E-state index contributed by atoms with van der Waals surface area (Å²) in [5.74, 6) is -0.0272. The van der Waals surface area contributed by atoms with Gasteiger partial charge in [0, 0.05) is 6.20 Å². The number of nitrogens with zero attached hydrogens (tertiary/aromatic N) is 2. The van der Waals surface area contributed by atoms with Crippen molar-refractivity contribution >= 4 is 0 Å². The monoisotopic (exact) mass is 280 g/mol.